The van der Waals surface area contributed by atoms with Gasteiger partial charge >= 0.3 is 0 Å². The summed E-state index contributed by atoms with van der Waals surface area (Å²) in [6.07, 6.45) is 0.982. The smallest absolute Gasteiger partial charge is 0.265 e. The molecule has 16 heavy (non-hydrogen) atoms. The number of piperidine rings is 1. The van der Waals surface area contributed by atoms with E-state index in [1.807, 2.05) is 6.92 Å². The number of alkyl halides is 2. The van der Waals surface area contributed by atoms with Gasteiger partial charge in [0.25, 0.3) is 5.92 Å². The van der Waals surface area contributed by atoms with Gasteiger partial charge in [-0.05, 0) is 19.9 Å². The van der Waals surface area contributed by atoms with Gasteiger partial charge in [-0.1, -0.05) is 6.92 Å². The number of hydrogen-bond acceptors (Lipinski definition) is 2. The molecule has 1 N–H and O–H groups in total. The van der Waals surface area contributed by atoms with Crippen LogP contribution in [0.5, 0.6) is 0 Å². The number of likely N-dealkylation sites (tertiary alicyclic amines) is 1. The molecule has 0 aromatic heterocycles. The number of carbonyl (C=O) groups excluding carboxylic acids is 1. The zero-order valence-electron chi connectivity index (χ0n) is 9.93. The average molecular weight is 234 g/mol. The van der Waals surface area contributed by atoms with Crippen molar-refractivity contribution in [3.63, 3.8) is 0 Å². The predicted molar refractivity (Wildman–Crippen MR) is 58.5 cm³/mol. The van der Waals surface area contributed by atoms with Crippen molar-refractivity contribution >= 4 is 5.91 Å². The van der Waals surface area contributed by atoms with Crippen molar-refractivity contribution in [2.24, 2.45) is 5.92 Å². The lowest BCUT2D eigenvalue weighted by Gasteiger charge is -2.34. The molecule has 3 nitrogen and oxygen atoms in total. The summed E-state index contributed by atoms with van der Waals surface area (Å²) in [7, 11) is 1.76. The van der Waals surface area contributed by atoms with E-state index in [-0.39, 0.29) is 18.2 Å². The number of amides is 1. The molecule has 1 fully saturated rings. The maximum atomic E-state index is 13.2. The van der Waals surface area contributed by atoms with E-state index < -0.39 is 12.5 Å². The summed E-state index contributed by atoms with van der Waals surface area (Å²) < 4.78 is 26.3. The molecule has 0 saturated carbocycles. The highest BCUT2D eigenvalue weighted by Gasteiger charge is 2.38. The Kier molecular flexibility index (Phi) is 4.65. The van der Waals surface area contributed by atoms with E-state index in [0.717, 1.165) is 0 Å². The number of rotatable bonds is 4. The molecule has 0 aliphatic carbocycles. The molecule has 0 aromatic rings. The molecule has 1 rings (SSSR count). The first-order valence-electron chi connectivity index (χ1n) is 5.81. The minimum atomic E-state index is -2.70. The molecular weight excluding hydrogens is 214 g/mol. The second-order valence-corrected chi connectivity index (χ2v) is 4.38. The lowest BCUT2D eigenvalue weighted by Crippen LogP contribution is -2.49. The van der Waals surface area contributed by atoms with Crippen molar-refractivity contribution in [2.75, 3.05) is 26.7 Å². The Hall–Kier alpha value is -0.710. The molecule has 1 atom stereocenters. The lowest BCUT2D eigenvalue weighted by molar-refractivity contribution is -0.145. The van der Waals surface area contributed by atoms with Crippen LogP contribution in [0.4, 0.5) is 8.78 Å². The third-order valence-corrected chi connectivity index (χ3v) is 3.00. The van der Waals surface area contributed by atoms with Crippen LogP contribution in [0.25, 0.3) is 0 Å². The fourth-order valence-electron chi connectivity index (χ4n) is 2.06. The highest BCUT2D eigenvalue weighted by atomic mass is 19.3. The number of nitrogens with one attached hydrogen (secondary N) is 1. The van der Waals surface area contributed by atoms with Crippen LogP contribution in [0.3, 0.4) is 0 Å². The molecule has 0 radical (unpaired) electrons. The van der Waals surface area contributed by atoms with Crippen molar-refractivity contribution in [3.05, 3.63) is 0 Å². The normalized spacial score (nSPS) is 21.9. The van der Waals surface area contributed by atoms with Gasteiger partial charge in [-0.2, -0.15) is 0 Å². The highest BCUT2D eigenvalue weighted by molar-refractivity contribution is 5.79. The van der Waals surface area contributed by atoms with Crippen molar-refractivity contribution in [2.45, 2.75) is 32.1 Å². The Morgan fingerprint density at radius 2 is 2.25 bits per heavy atom. The fraction of sp³-hybridized carbons (Fsp3) is 0.909. The number of nitrogens with zero attached hydrogens (tertiary/aromatic N) is 1. The number of carbonyl (C=O) groups is 1. The monoisotopic (exact) mass is 234 g/mol. The second-order valence-electron chi connectivity index (χ2n) is 4.38. The van der Waals surface area contributed by atoms with Gasteiger partial charge in [0, 0.05) is 19.5 Å². The molecule has 1 saturated heterocycles. The molecular formula is C11H20F2N2O. The van der Waals surface area contributed by atoms with Crippen LogP contribution in [0.1, 0.15) is 26.2 Å². The molecule has 94 valence electrons. The Labute approximate surface area is 95.2 Å². The summed E-state index contributed by atoms with van der Waals surface area (Å²) >= 11 is 0. The molecule has 0 bridgehead atoms. The van der Waals surface area contributed by atoms with Crippen LogP contribution < -0.4 is 5.32 Å². The van der Waals surface area contributed by atoms with Crippen LogP contribution in [0, 0.1) is 5.92 Å². The van der Waals surface area contributed by atoms with Gasteiger partial charge in [0.15, 0.2) is 0 Å². The number of hydrogen-bond donors (Lipinski definition) is 1. The Morgan fingerprint density at radius 1 is 1.56 bits per heavy atom. The zero-order chi connectivity index (χ0) is 12.2. The Morgan fingerprint density at radius 3 is 2.75 bits per heavy atom. The van der Waals surface area contributed by atoms with Crippen LogP contribution in [0.15, 0.2) is 0 Å². The van der Waals surface area contributed by atoms with Gasteiger partial charge in [0.2, 0.25) is 5.91 Å². The lowest BCUT2D eigenvalue weighted by atomic mass is 10.0. The van der Waals surface area contributed by atoms with Crippen molar-refractivity contribution in [1.82, 2.24) is 10.2 Å². The van der Waals surface area contributed by atoms with E-state index in [4.69, 9.17) is 0 Å². The molecule has 0 spiro atoms. The third kappa shape index (κ3) is 3.40. The topological polar surface area (TPSA) is 32.3 Å². The summed E-state index contributed by atoms with van der Waals surface area (Å²) in [6.45, 7) is 2.51. The third-order valence-electron chi connectivity index (χ3n) is 3.00. The first-order valence-corrected chi connectivity index (χ1v) is 5.81. The summed E-state index contributed by atoms with van der Waals surface area (Å²) in [6, 6.07) is 0. The van der Waals surface area contributed by atoms with E-state index in [1.54, 1.807) is 7.05 Å². The van der Waals surface area contributed by atoms with Gasteiger partial charge in [-0.25, -0.2) is 8.78 Å². The predicted octanol–water partition coefficient (Wildman–Crippen LogP) is 1.49. The van der Waals surface area contributed by atoms with E-state index in [0.29, 0.717) is 25.9 Å². The summed E-state index contributed by atoms with van der Waals surface area (Å²) in [5.41, 5.74) is 0. The van der Waals surface area contributed by atoms with Gasteiger partial charge in [-0.15, -0.1) is 0 Å². The van der Waals surface area contributed by atoms with Gasteiger partial charge in [0.05, 0.1) is 12.5 Å². The van der Waals surface area contributed by atoms with Crippen LogP contribution in [-0.4, -0.2) is 43.4 Å². The molecule has 1 heterocycles. The first-order chi connectivity index (χ1) is 7.50. The van der Waals surface area contributed by atoms with Crippen LogP contribution >= 0.6 is 0 Å². The van der Waals surface area contributed by atoms with Gasteiger partial charge in [-0.3, -0.25) is 4.79 Å². The first kappa shape index (κ1) is 13.4. The van der Waals surface area contributed by atoms with Crippen molar-refractivity contribution in [3.8, 4) is 0 Å². The maximum absolute atomic E-state index is 13.2. The van der Waals surface area contributed by atoms with E-state index in [2.05, 4.69) is 5.32 Å². The van der Waals surface area contributed by atoms with Crippen LogP contribution in [-0.2, 0) is 4.79 Å². The highest BCUT2D eigenvalue weighted by Crippen LogP contribution is 2.27. The molecule has 5 heteroatoms. The summed E-state index contributed by atoms with van der Waals surface area (Å²) in [4.78, 5) is 13.3. The van der Waals surface area contributed by atoms with E-state index >= 15 is 0 Å². The molecule has 0 aromatic carbocycles. The second kappa shape index (κ2) is 5.57. The molecule has 1 amide bonds. The quantitative estimate of drug-likeness (QED) is 0.799. The summed E-state index contributed by atoms with van der Waals surface area (Å²) in [5.74, 6) is -3.03. The Bertz CT molecular complexity index is 246. The number of halogens is 2. The standard InChI is InChI=1S/C11H20F2N2O/c1-3-9(7-14-2)10(16)15-6-4-5-11(12,13)8-15/h9,14H,3-8H2,1-2H3. The van der Waals surface area contributed by atoms with Crippen LogP contribution in [0.2, 0.25) is 0 Å². The average Bonchev–Trinajstić information content (AvgIpc) is 2.23. The largest absolute Gasteiger partial charge is 0.336 e. The zero-order valence-corrected chi connectivity index (χ0v) is 9.93. The molecule has 1 aliphatic rings. The van der Waals surface area contributed by atoms with Crippen molar-refractivity contribution in [1.29, 1.82) is 0 Å². The molecule has 1 aliphatic heterocycles. The minimum absolute atomic E-state index is 0.0976. The minimum Gasteiger partial charge on any atom is -0.336 e. The van der Waals surface area contributed by atoms with Gasteiger partial charge in [0.1, 0.15) is 0 Å². The van der Waals surface area contributed by atoms with Gasteiger partial charge < -0.3 is 10.2 Å². The van der Waals surface area contributed by atoms with E-state index in [9.17, 15) is 13.6 Å². The SMILES string of the molecule is CCC(CNC)C(=O)N1CCCC(F)(F)C1. The summed E-state index contributed by atoms with van der Waals surface area (Å²) in [5, 5.41) is 2.92. The Balaban J connectivity index is 2.58. The maximum Gasteiger partial charge on any atom is 0.265 e. The van der Waals surface area contributed by atoms with Crippen molar-refractivity contribution < 1.29 is 13.6 Å². The van der Waals surface area contributed by atoms with E-state index in [1.165, 1.54) is 4.90 Å². The molecule has 1 unspecified atom stereocenters. The fourth-order valence-corrected chi connectivity index (χ4v) is 2.06.